The Hall–Kier alpha value is -0.0800. The molecular weight excluding hydrogens is 172 g/mol. The summed E-state index contributed by atoms with van der Waals surface area (Å²) < 4.78 is 0. The van der Waals surface area contributed by atoms with E-state index >= 15 is 0 Å². The second kappa shape index (κ2) is 5.13. The molecule has 1 aliphatic heterocycles. The molecule has 1 fully saturated rings. The van der Waals surface area contributed by atoms with E-state index in [4.69, 9.17) is 0 Å². The molecule has 0 aliphatic carbocycles. The van der Waals surface area contributed by atoms with Gasteiger partial charge in [-0.1, -0.05) is 26.7 Å². The highest BCUT2D eigenvalue weighted by molar-refractivity contribution is 4.98. The Kier molecular flexibility index (Phi) is 4.39. The van der Waals surface area contributed by atoms with E-state index in [9.17, 15) is 0 Å². The summed E-state index contributed by atoms with van der Waals surface area (Å²) in [4.78, 5) is 0. The van der Waals surface area contributed by atoms with Crippen LogP contribution in [0, 0.1) is 0 Å². The summed E-state index contributed by atoms with van der Waals surface area (Å²) in [5, 5.41) is 7.45. The van der Waals surface area contributed by atoms with E-state index in [1.165, 1.54) is 25.7 Å². The summed E-state index contributed by atoms with van der Waals surface area (Å²) in [6.07, 6.45) is 5.10. The lowest BCUT2D eigenvalue weighted by molar-refractivity contribution is 0.178. The van der Waals surface area contributed by atoms with Crippen molar-refractivity contribution in [1.29, 1.82) is 0 Å². The molecule has 1 heterocycles. The maximum Gasteiger partial charge on any atom is 0.0281 e. The fraction of sp³-hybridized carbons (Fsp3) is 1.00. The van der Waals surface area contributed by atoms with Gasteiger partial charge in [0.05, 0.1) is 0 Å². The Morgan fingerprint density at radius 3 is 2.29 bits per heavy atom. The van der Waals surface area contributed by atoms with Crippen LogP contribution in [0.15, 0.2) is 0 Å². The molecule has 0 bridgehead atoms. The third-order valence-electron chi connectivity index (χ3n) is 3.27. The average Bonchev–Trinajstić information content (AvgIpc) is 2.10. The van der Waals surface area contributed by atoms with Crippen molar-refractivity contribution in [3.05, 3.63) is 0 Å². The van der Waals surface area contributed by atoms with E-state index in [0.717, 1.165) is 6.54 Å². The largest absolute Gasteiger partial charge is 0.311 e. The van der Waals surface area contributed by atoms with Crippen molar-refractivity contribution < 1.29 is 0 Å². The molecule has 1 aliphatic rings. The first-order valence-electron chi connectivity index (χ1n) is 6.11. The Morgan fingerprint density at radius 1 is 1.14 bits per heavy atom. The van der Waals surface area contributed by atoms with Crippen molar-refractivity contribution in [2.75, 3.05) is 6.54 Å². The van der Waals surface area contributed by atoms with Crippen molar-refractivity contribution in [1.82, 2.24) is 10.6 Å². The molecule has 84 valence electrons. The maximum absolute atomic E-state index is 3.77. The van der Waals surface area contributed by atoms with Gasteiger partial charge in [-0.2, -0.15) is 0 Å². The van der Waals surface area contributed by atoms with Crippen LogP contribution in [0.2, 0.25) is 0 Å². The standard InChI is InChI=1S/C12H26N2/c1-5-7-10-9-13-11(8-6-2)12(3,4)14-10/h10-11,13-14H,5-9H2,1-4H3. The van der Waals surface area contributed by atoms with Crippen LogP contribution in [0.3, 0.4) is 0 Å². The third-order valence-corrected chi connectivity index (χ3v) is 3.27. The molecule has 0 aromatic carbocycles. The molecule has 1 saturated heterocycles. The molecule has 1 rings (SSSR count). The normalized spacial score (nSPS) is 31.7. The highest BCUT2D eigenvalue weighted by Crippen LogP contribution is 2.19. The summed E-state index contributed by atoms with van der Waals surface area (Å²) >= 11 is 0. The van der Waals surface area contributed by atoms with E-state index in [2.05, 4.69) is 38.3 Å². The second-order valence-electron chi connectivity index (χ2n) is 5.10. The van der Waals surface area contributed by atoms with Crippen LogP contribution in [-0.2, 0) is 0 Å². The molecule has 0 radical (unpaired) electrons. The van der Waals surface area contributed by atoms with Gasteiger partial charge in [-0.05, 0) is 26.7 Å². The molecular formula is C12H26N2. The van der Waals surface area contributed by atoms with Gasteiger partial charge in [-0.25, -0.2) is 0 Å². The van der Waals surface area contributed by atoms with Crippen LogP contribution in [0.1, 0.15) is 53.4 Å². The summed E-state index contributed by atoms with van der Waals surface area (Å²) in [6, 6.07) is 1.31. The number of rotatable bonds is 4. The fourth-order valence-electron chi connectivity index (χ4n) is 2.49. The molecule has 0 spiro atoms. The molecule has 14 heavy (non-hydrogen) atoms. The monoisotopic (exact) mass is 198 g/mol. The molecule has 0 saturated carbocycles. The lowest BCUT2D eigenvalue weighted by atomic mass is 9.86. The number of hydrogen-bond donors (Lipinski definition) is 2. The smallest absolute Gasteiger partial charge is 0.0281 e. The second-order valence-corrected chi connectivity index (χ2v) is 5.10. The molecule has 2 unspecified atom stereocenters. The zero-order valence-electron chi connectivity index (χ0n) is 10.2. The van der Waals surface area contributed by atoms with Gasteiger partial charge in [-0.3, -0.25) is 0 Å². The highest BCUT2D eigenvalue weighted by Gasteiger charge is 2.34. The van der Waals surface area contributed by atoms with E-state index in [1.807, 2.05) is 0 Å². The Balaban J connectivity index is 2.47. The number of nitrogens with one attached hydrogen (secondary N) is 2. The summed E-state index contributed by atoms with van der Waals surface area (Å²) in [6.45, 7) is 10.3. The van der Waals surface area contributed by atoms with Gasteiger partial charge in [0.25, 0.3) is 0 Å². The molecule has 0 aromatic heterocycles. The lowest BCUT2D eigenvalue weighted by Gasteiger charge is -2.44. The molecule has 2 nitrogen and oxygen atoms in total. The first-order chi connectivity index (χ1) is 6.60. The van der Waals surface area contributed by atoms with Gasteiger partial charge in [0.15, 0.2) is 0 Å². The van der Waals surface area contributed by atoms with Gasteiger partial charge in [0.1, 0.15) is 0 Å². The number of piperazine rings is 1. The fourth-order valence-corrected chi connectivity index (χ4v) is 2.49. The van der Waals surface area contributed by atoms with Crippen molar-refractivity contribution in [3.63, 3.8) is 0 Å². The molecule has 2 atom stereocenters. The average molecular weight is 198 g/mol. The number of hydrogen-bond acceptors (Lipinski definition) is 2. The Labute approximate surface area is 88.8 Å². The Bertz CT molecular complexity index is 166. The van der Waals surface area contributed by atoms with E-state index < -0.39 is 0 Å². The molecule has 0 aromatic rings. The minimum absolute atomic E-state index is 0.258. The maximum atomic E-state index is 3.77. The predicted molar refractivity (Wildman–Crippen MR) is 62.6 cm³/mol. The zero-order valence-corrected chi connectivity index (χ0v) is 10.2. The third kappa shape index (κ3) is 2.96. The van der Waals surface area contributed by atoms with Crippen molar-refractivity contribution in [2.45, 2.75) is 71.0 Å². The van der Waals surface area contributed by atoms with Crippen LogP contribution in [0.25, 0.3) is 0 Å². The van der Waals surface area contributed by atoms with E-state index in [1.54, 1.807) is 0 Å². The first-order valence-corrected chi connectivity index (χ1v) is 6.11. The molecule has 2 heteroatoms. The summed E-state index contributed by atoms with van der Waals surface area (Å²) in [5.41, 5.74) is 0.258. The van der Waals surface area contributed by atoms with Gasteiger partial charge in [-0.15, -0.1) is 0 Å². The molecule has 2 N–H and O–H groups in total. The molecule has 0 amide bonds. The van der Waals surface area contributed by atoms with E-state index in [0.29, 0.717) is 12.1 Å². The predicted octanol–water partition coefficient (Wildman–Crippen LogP) is 2.30. The Morgan fingerprint density at radius 2 is 1.79 bits per heavy atom. The SMILES string of the molecule is CCCC1CNC(CCC)C(C)(C)N1. The first kappa shape index (κ1) is 12.0. The summed E-state index contributed by atoms with van der Waals surface area (Å²) in [7, 11) is 0. The van der Waals surface area contributed by atoms with E-state index in [-0.39, 0.29) is 5.54 Å². The van der Waals surface area contributed by atoms with Gasteiger partial charge in [0, 0.05) is 24.2 Å². The quantitative estimate of drug-likeness (QED) is 0.724. The van der Waals surface area contributed by atoms with Crippen LogP contribution in [0.5, 0.6) is 0 Å². The highest BCUT2D eigenvalue weighted by atomic mass is 15.1. The lowest BCUT2D eigenvalue weighted by Crippen LogP contribution is -2.66. The van der Waals surface area contributed by atoms with Crippen LogP contribution in [0.4, 0.5) is 0 Å². The minimum Gasteiger partial charge on any atom is -0.311 e. The van der Waals surface area contributed by atoms with Crippen molar-refractivity contribution in [2.24, 2.45) is 0 Å². The van der Waals surface area contributed by atoms with Gasteiger partial charge >= 0.3 is 0 Å². The van der Waals surface area contributed by atoms with Crippen molar-refractivity contribution >= 4 is 0 Å². The van der Waals surface area contributed by atoms with Crippen LogP contribution in [-0.4, -0.2) is 24.2 Å². The summed E-state index contributed by atoms with van der Waals surface area (Å²) in [5.74, 6) is 0. The van der Waals surface area contributed by atoms with Crippen LogP contribution >= 0.6 is 0 Å². The van der Waals surface area contributed by atoms with Gasteiger partial charge < -0.3 is 10.6 Å². The van der Waals surface area contributed by atoms with Gasteiger partial charge in [0.2, 0.25) is 0 Å². The van der Waals surface area contributed by atoms with Crippen LogP contribution < -0.4 is 10.6 Å². The minimum atomic E-state index is 0.258. The van der Waals surface area contributed by atoms with Crippen molar-refractivity contribution in [3.8, 4) is 0 Å². The topological polar surface area (TPSA) is 24.1 Å². The zero-order chi connectivity index (χ0) is 10.6.